The van der Waals surface area contributed by atoms with Crippen LogP contribution in [-0.4, -0.2) is 30.6 Å². The van der Waals surface area contributed by atoms with E-state index >= 15 is 0 Å². The molecule has 0 aliphatic rings. The number of carbonyl (C=O) groups excluding carboxylic acids is 1. The zero-order valence-corrected chi connectivity index (χ0v) is 13.4. The van der Waals surface area contributed by atoms with Gasteiger partial charge in [0.25, 0.3) is 0 Å². The highest BCUT2D eigenvalue weighted by Crippen LogP contribution is 2.19. The molecule has 3 heterocycles. The van der Waals surface area contributed by atoms with E-state index in [4.69, 9.17) is 0 Å². The molecule has 0 aliphatic heterocycles. The molecule has 7 nitrogen and oxygen atoms in total. The number of carbonyl (C=O) groups is 1. The lowest BCUT2D eigenvalue weighted by Crippen LogP contribution is -2.31. The van der Waals surface area contributed by atoms with E-state index in [1.807, 2.05) is 24.6 Å². The minimum absolute atomic E-state index is 0.0222. The van der Waals surface area contributed by atoms with Gasteiger partial charge < -0.3 is 5.32 Å². The standard InChI is InChI=1S/C15H16N6OS/c1-11(9-21-7-3-6-19-21)14(22)18-8-12-10-23-15(20-12)13-16-4-2-5-17-13/h2-7,10-11H,8-9H2,1H3,(H,18,22). The number of thiazole rings is 1. The zero-order valence-electron chi connectivity index (χ0n) is 12.6. The third-order valence-electron chi connectivity index (χ3n) is 3.22. The van der Waals surface area contributed by atoms with Gasteiger partial charge in [-0.15, -0.1) is 11.3 Å². The maximum absolute atomic E-state index is 12.1. The van der Waals surface area contributed by atoms with Gasteiger partial charge >= 0.3 is 0 Å². The lowest BCUT2D eigenvalue weighted by atomic mass is 10.1. The van der Waals surface area contributed by atoms with E-state index in [0.717, 1.165) is 10.7 Å². The Kier molecular flexibility index (Phi) is 4.72. The molecule has 0 spiro atoms. The number of hydrogen-bond acceptors (Lipinski definition) is 6. The van der Waals surface area contributed by atoms with Crippen LogP contribution in [0.15, 0.2) is 42.3 Å². The van der Waals surface area contributed by atoms with Crippen molar-refractivity contribution in [2.75, 3.05) is 0 Å². The zero-order chi connectivity index (χ0) is 16.1. The van der Waals surface area contributed by atoms with Crippen molar-refractivity contribution < 1.29 is 4.79 Å². The van der Waals surface area contributed by atoms with E-state index in [2.05, 4.69) is 25.4 Å². The predicted molar refractivity (Wildman–Crippen MR) is 86.4 cm³/mol. The van der Waals surface area contributed by atoms with Crippen LogP contribution in [0.5, 0.6) is 0 Å². The van der Waals surface area contributed by atoms with Gasteiger partial charge in [-0.3, -0.25) is 9.48 Å². The predicted octanol–water partition coefficient (Wildman–Crippen LogP) is 1.75. The molecule has 0 saturated heterocycles. The molecule has 0 bridgehead atoms. The van der Waals surface area contributed by atoms with Crippen molar-refractivity contribution in [1.82, 2.24) is 30.0 Å². The lowest BCUT2D eigenvalue weighted by Gasteiger charge is -2.11. The normalized spacial score (nSPS) is 12.0. The summed E-state index contributed by atoms with van der Waals surface area (Å²) < 4.78 is 1.75. The maximum atomic E-state index is 12.1. The molecule has 8 heteroatoms. The first-order valence-electron chi connectivity index (χ1n) is 7.19. The Hall–Kier alpha value is -2.61. The number of amides is 1. The Bertz CT molecular complexity index is 755. The second kappa shape index (κ2) is 7.10. The molecule has 0 fully saturated rings. The highest BCUT2D eigenvalue weighted by Gasteiger charge is 2.14. The van der Waals surface area contributed by atoms with E-state index in [-0.39, 0.29) is 11.8 Å². The molecule has 0 aromatic carbocycles. The molecule has 3 aromatic heterocycles. The van der Waals surface area contributed by atoms with Crippen molar-refractivity contribution in [2.45, 2.75) is 20.0 Å². The Labute approximate surface area is 137 Å². The van der Waals surface area contributed by atoms with E-state index in [1.54, 1.807) is 29.3 Å². The van der Waals surface area contributed by atoms with E-state index < -0.39 is 0 Å². The Morgan fingerprint density at radius 3 is 2.87 bits per heavy atom. The fraction of sp³-hybridized carbons (Fsp3) is 0.267. The molecule has 23 heavy (non-hydrogen) atoms. The molecule has 118 valence electrons. The van der Waals surface area contributed by atoms with Gasteiger partial charge in [0.2, 0.25) is 5.91 Å². The summed E-state index contributed by atoms with van der Waals surface area (Å²) in [6.07, 6.45) is 6.91. The van der Waals surface area contributed by atoms with Gasteiger partial charge in [-0.25, -0.2) is 15.0 Å². The molecular formula is C15H16N6OS. The summed E-state index contributed by atoms with van der Waals surface area (Å²) in [5.74, 6) is 0.415. The molecule has 1 amide bonds. The summed E-state index contributed by atoms with van der Waals surface area (Å²) in [5.41, 5.74) is 0.803. The molecule has 1 unspecified atom stereocenters. The average Bonchev–Trinajstić information content (AvgIpc) is 3.25. The summed E-state index contributed by atoms with van der Waals surface area (Å²) in [4.78, 5) is 24.9. The molecule has 0 saturated carbocycles. The monoisotopic (exact) mass is 328 g/mol. The summed E-state index contributed by atoms with van der Waals surface area (Å²) in [5, 5.41) is 9.66. The van der Waals surface area contributed by atoms with Crippen LogP contribution in [0.25, 0.3) is 10.8 Å². The topological polar surface area (TPSA) is 85.6 Å². The summed E-state index contributed by atoms with van der Waals surface area (Å²) in [6, 6.07) is 3.60. The quantitative estimate of drug-likeness (QED) is 0.745. The first kappa shape index (κ1) is 15.3. The van der Waals surface area contributed by atoms with Crippen molar-refractivity contribution in [1.29, 1.82) is 0 Å². The lowest BCUT2D eigenvalue weighted by molar-refractivity contribution is -0.125. The van der Waals surface area contributed by atoms with Gasteiger partial charge in [0.05, 0.1) is 24.7 Å². The third-order valence-corrected chi connectivity index (χ3v) is 4.11. The van der Waals surface area contributed by atoms with Gasteiger partial charge in [0.1, 0.15) is 0 Å². The van der Waals surface area contributed by atoms with Crippen LogP contribution >= 0.6 is 11.3 Å². The molecule has 0 aliphatic carbocycles. The molecule has 3 aromatic rings. The number of nitrogens with zero attached hydrogens (tertiary/aromatic N) is 5. The van der Waals surface area contributed by atoms with Crippen molar-refractivity contribution >= 4 is 17.2 Å². The van der Waals surface area contributed by atoms with Gasteiger partial charge in [0.15, 0.2) is 10.8 Å². The van der Waals surface area contributed by atoms with Gasteiger partial charge in [-0.2, -0.15) is 5.10 Å². The van der Waals surface area contributed by atoms with Crippen LogP contribution < -0.4 is 5.32 Å². The first-order chi connectivity index (χ1) is 11.2. The van der Waals surface area contributed by atoms with Gasteiger partial charge in [0, 0.05) is 30.2 Å². The van der Waals surface area contributed by atoms with E-state index in [1.165, 1.54) is 11.3 Å². The fourth-order valence-corrected chi connectivity index (χ4v) is 2.79. The van der Waals surface area contributed by atoms with Crippen molar-refractivity contribution in [2.24, 2.45) is 5.92 Å². The Morgan fingerprint density at radius 2 is 2.13 bits per heavy atom. The highest BCUT2D eigenvalue weighted by atomic mass is 32.1. The van der Waals surface area contributed by atoms with Crippen molar-refractivity contribution in [3.63, 3.8) is 0 Å². The van der Waals surface area contributed by atoms with Crippen LogP contribution in [0, 0.1) is 5.92 Å². The van der Waals surface area contributed by atoms with Crippen LogP contribution in [-0.2, 0) is 17.9 Å². The Balaban J connectivity index is 1.54. The fourth-order valence-electron chi connectivity index (χ4n) is 2.02. The van der Waals surface area contributed by atoms with Crippen LogP contribution in [0.2, 0.25) is 0 Å². The summed E-state index contributed by atoms with van der Waals surface area (Å²) >= 11 is 1.46. The van der Waals surface area contributed by atoms with Crippen LogP contribution in [0.1, 0.15) is 12.6 Å². The second-order valence-corrected chi connectivity index (χ2v) is 5.92. The SMILES string of the molecule is CC(Cn1cccn1)C(=O)NCc1csc(-c2ncccn2)n1. The van der Waals surface area contributed by atoms with Gasteiger partial charge in [-0.05, 0) is 12.1 Å². The number of aromatic nitrogens is 5. The first-order valence-corrected chi connectivity index (χ1v) is 8.07. The molecular weight excluding hydrogens is 312 g/mol. The molecule has 1 N–H and O–H groups in total. The molecule has 1 atom stereocenters. The second-order valence-electron chi connectivity index (χ2n) is 5.06. The minimum atomic E-state index is -0.162. The minimum Gasteiger partial charge on any atom is -0.350 e. The average molecular weight is 328 g/mol. The molecule has 0 radical (unpaired) electrons. The van der Waals surface area contributed by atoms with Crippen LogP contribution in [0.4, 0.5) is 0 Å². The van der Waals surface area contributed by atoms with E-state index in [9.17, 15) is 4.79 Å². The maximum Gasteiger partial charge on any atom is 0.225 e. The van der Waals surface area contributed by atoms with E-state index in [0.29, 0.717) is 18.9 Å². The van der Waals surface area contributed by atoms with Crippen molar-refractivity contribution in [3.05, 3.63) is 48.0 Å². The Morgan fingerprint density at radius 1 is 1.30 bits per heavy atom. The number of rotatable bonds is 6. The third kappa shape index (κ3) is 3.98. The number of nitrogens with one attached hydrogen (secondary N) is 1. The molecule has 3 rings (SSSR count). The van der Waals surface area contributed by atoms with Crippen LogP contribution in [0.3, 0.4) is 0 Å². The highest BCUT2D eigenvalue weighted by molar-refractivity contribution is 7.13. The summed E-state index contributed by atoms with van der Waals surface area (Å²) in [7, 11) is 0. The summed E-state index contributed by atoms with van der Waals surface area (Å²) in [6.45, 7) is 2.83. The smallest absolute Gasteiger partial charge is 0.225 e. The number of hydrogen-bond donors (Lipinski definition) is 1. The largest absolute Gasteiger partial charge is 0.350 e. The van der Waals surface area contributed by atoms with Crippen molar-refractivity contribution in [3.8, 4) is 10.8 Å². The van der Waals surface area contributed by atoms with Gasteiger partial charge in [-0.1, -0.05) is 6.92 Å².